The zero-order valence-electron chi connectivity index (χ0n) is 12.0. The predicted molar refractivity (Wildman–Crippen MR) is 81.7 cm³/mol. The highest BCUT2D eigenvalue weighted by Crippen LogP contribution is 2.27. The molecule has 2 nitrogen and oxygen atoms in total. The third-order valence-corrected chi connectivity index (χ3v) is 3.67. The second-order valence-electron chi connectivity index (χ2n) is 5.31. The molecule has 0 amide bonds. The van der Waals surface area contributed by atoms with E-state index in [4.69, 9.17) is 0 Å². The molecule has 106 valence electrons. The van der Waals surface area contributed by atoms with Crippen molar-refractivity contribution in [2.45, 2.75) is 20.0 Å². The molecule has 0 aliphatic heterocycles. The zero-order chi connectivity index (χ0) is 15.0. The second kappa shape index (κ2) is 5.26. The van der Waals surface area contributed by atoms with Crippen LogP contribution in [0.4, 0.5) is 4.39 Å². The molecular formula is C18H16FNO. The van der Waals surface area contributed by atoms with Gasteiger partial charge in [0.1, 0.15) is 11.9 Å². The minimum Gasteiger partial charge on any atom is -0.382 e. The van der Waals surface area contributed by atoms with Crippen molar-refractivity contribution in [3.63, 3.8) is 0 Å². The number of aliphatic hydroxyl groups excluding tert-OH is 1. The number of hydrogen-bond donors (Lipinski definition) is 1. The van der Waals surface area contributed by atoms with E-state index in [1.807, 2.05) is 44.2 Å². The zero-order valence-corrected chi connectivity index (χ0v) is 12.0. The highest BCUT2D eigenvalue weighted by molar-refractivity contribution is 5.82. The fourth-order valence-corrected chi connectivity index (χ4v) is 2.55. The van der Waals surface area contributed by atoms with Crippen LogP contribution in [-0.4, -0.2) is 10.1 Å². The van der Waals surface area contributed by atoms with E-state index in [2.05, 4.69) is 4.98 Å². The molecule has 1 aromatic heterocycles. The number of aryl methyl sites for hydroxylation is 2. The molecule has 0 aliphatic rings. The van der Waals surface area contributed by atoms with Gasteiger partial charge in [0.25, 0.3) is 0 Å². The molecule has 1 unspecified atom stereocenters. The summed E-state index contributed by atoms with van der Waals surface area (Å²) in [7, 11) is 0. The standard InChI is InChI=1S/C18H16FNO/c1-11-7-8-15(19)14(9-11)18(21)17-10-12(2)13-5-3-4-6-16(13)20-17/h3-10,18,21H,1-2H3. The summed E-state index contributed by atoms with van der Waals surface area (Å²) in [4.78, 5) is 4.47. The van der Waals surface area contributed by atoms with E-state index in [0.717, 1.165) is 22.0 Å². The van der Waals surface area contributed by atoms with Gasteiger partial charge in [0.05, 0.1) is 11.2 Å². The molecule has 3 rings (SSSR count). The summed E-state index contributed by atoms with van der Waals surface area (Å²) in [5.74, 6) is -0.416. The van der Waals surface area contributed by atoms with Crippen LogP contribution in [0, 0.1) is 19.7 Å². The van der Waals surface area contributed by atoms with Gasteiger partial charge in [-0.05, 0) is 37.6 Å². The van der Waals surface area contributed by atoms with E-state index < -0.39 is 11.9 Å². The van der Waals surface area contributed by atoms with Crippen LogP contribution in [0.1, 0.15) is 28.5 Å². The third kappa shape index (κ3) is 2.52. The highest BCUT2D eigenvalue weighted by atomic mass is 19.1. The summed E-state index contributed by atoms with van der Waals surface area (Å²) in [6.45, 7) is 3.83. The molecule has 0 bridgehead atoms. The van der Waals surface area contributed by atoms with Crippen LogP contribution in [0.5, 0.6) is 0 Å². The number of benzene rings is 2. The third-order valence-electron chi connectivity index (χ3n) is 3.67. The van der Waals surface area contributed by atoms with Gasteiger partial charge in [0.2, 0.25) is 0 Å². The molecule has 0 saturated heterocycles. The Hall–Kier alpha value is -2.26. The van der Waals surface area contributed by atoms with Gasteiger partial charge in [-0.3, -0.25) is 0 Å². The van der Waals surface area contributed by atoms with Crippen molar-refractivity contribution in [2.75, 3.05) is 0 Å². The number of rotatable bonds is 2. The van der Waals surface area contributed by atoms with Crippen molar-refractivity contribution < 1.29 is 9.50 Å². The summed E-state index contributed by atoms with van der Waals surface area (Å²) in [5, 5.41) is 11.5. The van der Waals surface area contributed by atoms with Crippen molar-refractivity contribution in [1.82, 2.24) is 4.98 Å². The number of aromatic nitrogens is 1. The fraction of sp³-hybridized carbons (Fsp3) is 0.167. The van der Waals surface area contributed by atoms with Crippen molar-refractivity contribution >= 4 is 10.9 Å². The van der Waals surface area contributed by atoms with Gasteiger partial charge in [0.15, 0.2) is 0 Å². The number of nitrogens with zero attached hydrogens (tertiary/aromatic N) is 1. The van der Waals surface area contributed by atoms with Gasteiger partial charge in [-0.2, -0.15) is 0 Å². The Morgan fingerprint density at radius 3 is 2.62 bits per heavy atom. The first-order valence-corrected chi connectivity index (χ1v) is 6.86. The van der Waals surface area contributed by atoms with Crippen LogP contribution in [0.3, 0.4) is 0 Å². The van der Waals surface area contributed by atoms with Gasteiger partial charge >= 0.3 is 0 Å². The van der Waals surface area contributed by atoms with E-state index in [0.29, 0.717) is 5.69 Å². The van der Waals surface area contributed by atoms with Crippen LogP contribution in [0.15, 0.2) is 48.5 Å². The van der Waals surface area contributed by atoms with Crippen molar-refractivity contribution in [2.24, 2.45) is 0 Å². The summed E-state index contributed by atoms with van der Waals surface area (Å²) < 4.78 is 13.9. The molecule has 1 atom stereocenters. The Morgan fingerprint density at radius 2 is 1.81 bits per heavy atom. The molecule has 1 N–H and O–H groups in total. The normalized spacial score (nSPS) is 12.6. The first-order chi connectivity index (χ1) is 10.1. The number of fused-ring (bicyclic) bond motifs is 1. The van der Waals surface area contributed by atoms with Gasteiger partial charge in [0, 0.05) is 10.9 Å². The van der Waals surface area contributed by atoms with Crippen LogP contribution < -0.4 is 0 Å². The summed E-state index contributed by atoms with van der Waals surface area (Å²) in [6, 6.07) is 14.3. The molecule has 21 heavy (non-hydrogen) atoms. The SMILES string of the molecule is Cc1ccc(F)c(C(O)c2cc(C)c3ccccc3n2)c1. The Balaban J connectivity index is 2.13. The van der Waals surface area contributed by atoms with Gasteiger partial charge in [-0.15, -0.1) is 0 Å². The number of pyridine rings is 1. The van der Waals surface area contributed by atoms with Crippen LogP contribution in [0.2, 0.25) is 0 Å². The molecule has 2 aromatic carbocycles. The summed E-state index contributed by atoms with van der Waals surface area (Å²) >= 11 is 0. The van der Waals surface area contributed by atoms with E-state index in [1.165, 1.54) is 6.07 Å². The largest absolute Gasteiger partial charge is 0.382 e. The molecule has 0 saturated carbocycles. The quantitative estimate of drug-likeness (QED) is 0.768. The number of aliphatic hydroxyl groups is 1. The van der Waals surface area contributed by atoms with Crippen LogP contribution >= 0.6 is 0 Å². The van der Waals surface area contributed by atoms with Crippen molar-refractivity contribution in [3.8, 4) is 0 Å². The maximum absolute atomic E-state index is 13.9. The van der Waals surface area contributed by atoms with Crippen molar-refractivity contribution in [3.05, 3.63) is 76.7 Å². The molecule has 3 aromatic rings. The Kier molecular flexibility index (Phi) is 3.43. The molecule has 0 radical (unpaired) electrons. The lowest BCUT2D eigenvalue weighted by atomic mass is 10.0. The minimum atomic E-state index is -1.06. The maximum Gasteiger partial charge on any atom is 0.129 e. The molecule has 0 aliphatic carbocycles. The van der Waals surface area contributed by atoms with Gasteiger partial charge in [-0.25, -0.2) is 9.37 Å². The molecule has 1 heterocycles. The summed E-state index contributed by atoms with van der Waals surface area (Å²) in [5.41, 5.74) is 3.46. The Morgan fingerprint density at radius 1 is 1.05 bits per heavy atom. The monoisotopic (exact) mass is 281 g/mol. The number of hydrogen-bond acceptors (Lipinski definition) is 2. The Bertz CT molecular complexity index is 813. The maximum atomic E-state index is 13.9. The fourth-order valence-electron chi connectivity index (χ4n) is 2.55. The predicted octanol–water partition coefficient (Wildman–Crippen LogP) is 4.07. The topological polar surface area (TPSA) is 33.1 Å². The average molecular weight is 281 g/mol. The van der Waals surface area contributed by atoms with Gasteiger partial charge in [-0.1, -0.05) is 35.9 Å². The van der Waals surface area contributed by atoms with Crippen molar-refractivity contribution in [1.29, 1.82) is 0 Å². The highest BCUT2D eigenvalue weighted by Gasteiger charge is 2.17. The molecule has 0 fully saturated rings. The lowest BCUT2D eigenvalue weighted by molar-refractivity contribution is 0.210. The molecular weight excluding hydrogens is 265 g/mol. The van der Waals surface area contributed by atoms with Crippen LogP contribution in [-0.2, 0) is 0 Å². The first kappa shape index (κ1) is 13.7. The summed E-state index contributed by atoms with van der Waals surface area (Å²) in [6.07, 6.45) is -1.06. The Labute approximate surface area is 122 Å². The van der Waals surface area contributed by atoms with E-state index in [9.17, 15) is 9.50 Å². The van der Waals surface area contributed by atoms with E-state index in [-0.39, 0.29) is 5.56 Å². The second-order valence-corrected chi connectivity index (χ2v) is 5.31. The molecule has 3 heteroatoms. The smallest absolute Gasteiger partial charge is 0.129 e. The minimum absolute atomic E-state index is 0.261. The van der Waals surface area contributed by atoms with Crippen LogP contribution in [0.25, 0.3) is 10.9 Å². The number of halogens is 1. The lowest BCUT2D eigenvalue weighted by Crippen LogP contribution is -2.06. The average Bonchev–Trinajstić information content (AvgIpc) is 2.49. The van der Waals surface area contributed by atoms with Gasteiger partial charge < -0.3 is 5.11 Å². The van der Waals surface area contributed by atoms with E-state index >= 15 is 0 Å². The first-order valence-electron chi connectivity index (χ1n) is 6.86. The number of para-hydroxylation sites is 1. The van der Waals surface area contributed by atoms with E-state index in [1.54, 1.807) is 12.1 Å². The molecule has 0 spiro atoms. The lowest BCUT2D eigenvalue weighted by Gasteiger charge is -2.14.